The maximum atomic E-state index is 12.5. The molecular formula is C16H16N4O3S. The Labute approximate surface area is 142 Å². The summed E-state index contributed by atoms with van der Waals surface area (Å²) in [6, 6.07) is 0. The van der Waals surface area contributed by atoms with Crippen LogP contribution in [0.15, 0.2) is 12.2 Å². The number of fused-ring (bicyclic) bond motifs is 5. The molecule has 1 aromatic heterocycles. The zero-order valence-corrected chi connectivity index (χ0v) is 13.7. The summed E-state index contributed by atoms with van der Waals surface area (Å²) in [6.07, 6.45) is 7.22. The highest BCUT2D eigenvalue weighted by Gasteiger charge is 2.59. The third-order valence-electron chi connectivity index (χ3n) is 5.48. The number of carbonyl (C=O) groups is 3. The third kappa shape index (κ3) is 2.05. The molecule has 2 bridgehead atoms. The fourth-order valence-electron chi connectivity index (χ4n) is 4.20. The number of imide groups is 1. The van der Waals surface area contributed by atoms with Gasteiger partial charge in [0, 0.05) is 5.92 Å². The zero-order valence-electron chi connectivity index (χ0n) is 12.8. The molecule has 1 aliphatic heterocycles. The average Bonchev–Trinajstić information content (AvgIpc) is 2.93. The van der Waals surface area contributed by atoms with Crippen LogP contribution in [0.3, 0.4) is 0 Å². The first-order chi connectivity index (χ1) is 11.6. The molecule has 1 aromatic rings. The van der Waals surface area contributed by atoms with Crippen LogP contribution in [-0.4, -0.2) is 39.4 Å². The van der Waals surface area contributed by atoms with E-state index in [-0.39, 0.29) is 42.0 Å². The second-order valence-electron chi connectivity index (χ2n) is 7.03. The van der Waals surface area contributed by atoms with E-state index in [9.17, 15) is 14.4 Å². The van der Waals surface area contributed by atoms with Crippen molar-refractivity contribution < 1.29 is 14.4 Å². The molecule has 4 aliphatic rings. The zero-order chi connectivity index (χ0) is 16.4. The lowest BCUT2D eigenvalue weighted by molar-refractivity contribution is -0.143. The van der Waals surface area contributed by atoms with Crippen LogP contribution in [-0.2, 0) is 14.4 Å². The van der Waals surface area contributed by atoms with Crippen molar-refractivity contribution in [2.75, 3.05) is 11.9 Å². The minimum Gasteiger partial charge on any atom is -0.299 e. The summed E-state index contributed by atoms with van der Waals surface area (Å²) in [5.41, 5.74) is 0. The van der Waals surface area contributed by atoms with E-state index in [0.29, 0.717) is 11.0 Å². The summed E-state index contributed by atoms with van der Waals surface area (Å²) in [4.78, 5) is 38.4. The van der Waals surface area contributed by atoms with Crippen molar-refractivity contribution in [1.29, 1.82) is 0 Å². The predicted molar refractivity (Wildman–Crippen MR) is 85.0 cm³/mol. The van der Waals surface area contributed by atoms with E-state index in [2.05, 4.69) is 15.5 Å². The molecule has 3 amide bonds. The van der Waals surface area contributed by atoms with E-state index in [1.807, 2.05) is 12.2 Å². The molecule has 7 nitrogen and oxygen atoms in total. The molecular weight excluding hydrogens is 328 g/mol. The lowest BCUT2D eigenvalue weighted by Crippen LogP contribution is -2.39. The molecule has 4 atom stereocenters. The molecule has 0 aromatic carbocycles. The van der Waals surface area contributed by atoms with Crippen LogP contribution in [0.25, 0.3) is 0 Å². The largest absolute Gasteiger partial charge is 0.299 e. The van der Waals surface area contributed by atoms with Gasteiger partial charge < -0.3 is 0 Å². The first kappa shape index (κ1) is 14.3. The molecule has 2 heterocycles. The molecule has 0 radical (unpaired) electrons. The molecule has 2 saturated carbocycles. The van der Waals surface area contributed by atoms with Gasteiger partial charge in [-0.3, -0.25) is 24.6 Å². The number of hydrogen-bond donors (Lipinski definition) is 1. The first-order valence-electron chi connectivity index (χ1n) is 8.28. The number of nitrogens with zero attached hydrogens (tertiary/aromatic N) is 3. The Morgan fingerprint density at radius 1 is 1.17 bits per heavy atom. The lowest BCUT2D eigenvalue weighted by Gasteiger charge is -2.16. The van der Waals surface area contributed by atoms with Gasteiger partial charge in [0.05, 0.1) is 11.8 Å². The fraction of sp³-hybridized carbons (Fsp3) is 0.562. The van der Waals surface area contributed by atoms with E-state index in [1.54, 1.807) is 0 Å². The smallest absolute Gasteiger partial charge is 0.246 e. The van der Waals surface area contributed by atoms with E-state index >= 15 is 0 Å². The van der Waals surface area contributed by atoms with Crippen molar-refractivity contribution in [3.05, 3.63) is 17.2 Å². The van der Waals surface area contributed by atoms with E-state index in [0.717, 1.165) is 29.2 Å². The number of aromatic nitrogens is 2. The number of carbonyl (C=O) groups excluding carboxylic acids is 3. The van der Waals surface area contributed by atoms with Crippen LogP contribution in [0, 0.1) is 23.7 Å². The van der Waals surface area contributed by atoms with Crippen LogP contribution in [0.2, 0.25) is 0 Å². The Bertz CT molecular complexity index is 754. The maximum absolute atomic E-state index is 12.5. The van der Waals surface area contributed by atoms with Crippen molar-refractivity contribution in [3.63, 3.8) is 0 Å². The van der Waals surface area contributed by atoms with E-state index in [4.69, 9.17) is 0 Å². The minimum absolute atomic E-state index is 0.161. The Balaban J connectivity index is 1.26. The second-order valence-corrected chi connectivity index (χ2v) is 8.04. The summed E-state index contributed by atoms with van der Waals surface area (Å²) < 4.78 is 0. The van der Waals surface area contributed by atoms with Gasteiger partial charge in [-0.25, -0.2) is 0 Å². The van der Waals surface area contributed by atoms with Gasteiger partial charge in [0.1, 0.15) is 11.6 Å². The second kappa shape index (κ2) is 4.95. The highest BCUT2D eigenvalue weighted by atomic mass is 32.1. The summed E-state index contributed by atoms with van der Waals surface area (Å²) in [5.74, 6) is -0.511. The molecule has 3 fully saturated rings. The quantitative estimate of drug-likeness (QED) is 0.654. The summed E-state index contributed by atoms with van der Waals surface area (Å²) in [7, 11) is 0. The van der Waals surface area contributed by atoms with Crippen LogP contribution in [0.1, 0.15) is 30.2 Å². The third-order valence-corrected chi connectivity index (χ3v) is 6.48. The van der Waals surface area contributed by atoms with E-state index < -0.39 is 5.91 Å². The van der Waals surface area contributed by atoms with E-state index in [1.165, 1.54) is 11.3 Å². The standard InChI is InChI=1S/C16H16N4O3S/c21-10(17-16-19-18-13(24-16)7-1-2-7)6-20-14(22)11-8-3-4-9(5-8)12(11)15(20)23/h3-4,7-9,11-12H,1-2,5-6H2,(H,17,19,21). The summed E-state index contributed by atoms with van der Waals surface area (Å²) >= 11 is 1.37. The Morgan fingerprint density at radius 3 is 2.46 bits per heavy atom. The van der Waals surface area contributed by atoms with Gasteiger partial charge >= 0.3 is 0 Å². The Morgan fingerprint density at radius 2 is 1.83 bits per heavy atom. The Hall–Kier alpha value is -2.09. The van der Waals surface area contributed by atoms with Gasteiger partial charge in [-0.05, 0) is 31.1 Å². The monoisotopic (exact) mass is 344 g/mol. The SMILES string of the molecule is O=C(CN1C(=O)C2C3C=CC(C3)C2C1=O)Nc1nnc(C2CC2)s1. The van der Waals surface area contributed by atoms with Crippen LogP contribution in [0.5, 0.6) is 0 Å². The van der Waals surface area contributed by atoms with Gasteiger partial charge in [-0.2, -0.15) is 0 Å². The summed E-state index contributed by atoms with van der Waals surface area (Å²) in [6.45, 7) is -0.234. The maximum Gasteiger partial charge on any atom is 0.246 e. The highest BCUT2D eigenvalue weighted by Crippen LogP contribution is 2.52. The number of nitrogens with one attached hydrogen (secondary N) is 1. The highest BCUT2D eigenvalue weighted by molar-refractivity contribution is 7.15. The molecule has 1 N–H and O–H groups in total. The van der Waals surface area contributed by atoms with Gasteiger partial charge in [0.15, 0.2) is 0 Å². The Kier molecular flexibility index (Phi) is 2.94. The van der Waals surface area contributed by atoms with Crippen molar-refractivity contribution >= 4 is 34.2 Å². The topological polar surface area (TPSA) is 92.3 Å². The van der Waals surface area contributed by atoms with Gasteiger partial charge in [-0.1, -0.05) is 23.5 Å². The van der Waals surface area contributed by atoms with Crippen molar-refractivity contribution in [3.8, 4) is 0 Å². The van der Waals surface area contributed by atoms with Gasteiger partial charge in [-0.15, -0.1) is 10.2 Å². The number of anilines is 1. The number of hydrogen-bond acceptors (Lipinski definition) is 6. The summed E-state index contributed by atoms with van der Waals surface area (Å²) in [5, 5.41) is 12.1. The van der Waals surface area contributed by atoms with Crippen LogP contribution < -0.4 is 5.32 Å². The predicted octanol–water partition coefficient (Wildman–Crippen LogP) is 1.16. The molecule has 124 valence electrons. The first-order valence-corrected chi connectivity index (χ1v) is 9.10. The van der Waals surface area contributed by atoms with Gasteiger partial charge in [0.25, 0.3) is 0 Å². The number of allylic oxidation sites excluding steroid dienone is 2. The fourth-order valence-corrected chi connectivity index (χ4v) is 5.13. The molecule has 8 heteroatoms. The van der Waals surface area contributed by atoms with Crippen LogP contribution >= 0.6 is 11.3 Å². The normalized spacial score (nSPS) is 33.4. The molecule has 4 unspecified atom stereocenters. The number of amides is 3. The molecule has 3 aliphatic carbocycles. The molecule has 24 heavy (non-hydrogen) atoms. The molecule has 1 saturated heterocycles. The minimum atomic E-state index is -0.393. The van der Waals surface area contributed by atoms with Gasteiger partial charge in [0.2, 0.25) is 22.9 Å². The molecule has 5 rings (SSSR count). The lowest BCUT2D eigenvalue weighted by atomic mass is 9.85. The number of likely N-dealkylation sites (tertiary alicyclic amines) is 1. The van der Waals surface area contributed by atoms with Crippen molar-refractivity contribution in [1.82, 2.24) is 15.1 Å². The number of rotatable bonds is 4. The average molecular weight is 344 g/mol. The van der Waals surface area contributed by atoms with Crippen molar-refractivity contribution in [2.24, 2.45) is 23.7 Å². The van der Waals surface area contributed by atoms with Crippen molar-refractivity contribution in [2.45, 2.75) is 25.2 Å². The van der Waals surface area contributed by atoms with Crippen LogP contribution in [0.4, 0.5) is 5.13 Å². The molecule has 0 spiro atoms.